The van der Waals surface area contributed by atoms with Crippen molar-refractivity contribution in [1.29, 1.82) is 0 Å². The molecular formula is C13H20O2S. The Morgan fingerprint density at radius 3 is 2.81 bits per heavy atom. The molecule has 16 heavy (non-hydrogen) atoms. The molecule has 0 fully saturated rings. The molecule has 1 heterocycles. The summed E-state index contributed by atoms with van der Waals surface area (Å²) < 4.78 is 4.98. The molecule has 0 saturated heterocycles. The van der Waals surface area contributed by atoms with Crippen LogP contribution in [-0.2, 0) is 16.0 Å². The number of esters is 1. The van der Waals surface area contributed by atoms with Gasteiger partial charge in [0, 0.05) is 4.88 Å². The Labute approximate surface area is 102 Å². The first-order valence-corrected chi connectivity index (χ1v) is 6.59. The minimum absolute atomic E-state index is 0.0241. The third kappa shape index (κ3) is 4.79. The Bertz CT molecular complexity index is 315. The average Bonchev–Trinajstić information content (AvgIpc) is 2.66. The number of hydrogen-bond acceptors (Lipinski definition) is 3. The third-order valence-corrected chi connectivity index (χ3v) is 3.49. The van der Waals surface area contributed by atoms with Crippen LogP contribution in [0.25, 0.3) is 0 Å². The number of ether oxygens (including phenoxy) is 1. The van der Waals surface area contributed by atoms with E-state index in [0.29, 0.717) is 13.0 Å². The van der Waals surface area contributed by atoms with Gasteiger partial charge in [-0.1, -0.05) is 19.9 Å². The van der Waals surface area contributed by atoms with E-state index < -0.39 is 0 Å². The summed E-state index contributed by atoms with van der Waals surface area (Å²) in [5.74, 6) is -0.0846. The van der Waals surface area contributed by atoms with E-state index in [1.165, 1.54) is 4.88 Å². The van der Waals surface area contributed by atoms with Gasteiger partial charge in [0.25, 0.3) is 0 Å². The van der Waals surface area contributed by atoms with Crippen LogP contribution in [0.2, 0.25) is 0 Å². The molecule has 2 nitrogen and oxygen atoms in total. The molecule has 1 rings (SSSR count). The summed E-state index contributed by atoms with van der Waals surface area (Å²) in [6.07, 6.45) is 2.57. The second-order valence-electron chi connectivity index (χ2n) is 4.73. The van der Waals surface area contributed by atoms with Gasteiger partial charge >= 0.3 is 5.97 Å². The standard InChI is InChI=1S/C13H20O2S/c1-4-15-12(14)10-13(2,3)8-7-11-6-5-9-16-11/h5-6,9H,4,7-8,10H2,1-3H3. The lowest BCUT2D eigenvalue weighted by Gasteiger charge is -2.22. The predicted molar refractivity (Wildman–Crippen MR) is 67.7 cm³/mol. The van der Waals surface area contributed by atoms with Gasteiger partial charge in [-0.15, -0.1) is 11.3 Å². The predicted octanol–water partition coefficient (Wildman–Crippen LogP) is 3.66. The van der Waals surface area contributed by atoms with Gasteiger partial charge in [-0.2, -0.15) is 0 Å². The molecule has 0 aliphatic rings. The van der Waals surface area contributed by atoms with E-state index in [-0.39, 0.29) is 11.4 Å². The van der Waals surface area contributed by atoms with Crippen LogP contribution in [0.1, 0.15) is 38.5 Å². The maximum absolute atomic E-state index is 11.4. The van der Waals surface area contributed by atoms with Crippen LogP contribution in [-0.4, -0.2) is 12.6 Å². The highest BCUT2D eigenvalue weighted by atomic mass is 32.1. The first kappa shape index (κ1) is 13.2. The van der Waals surface area contributed by atoms with Crippen LogP contribution in [0.4, 0.5) is 0 Å². The lowest BCUT2D eigenvalue weighted by atomic mass is 9.84. The Hall–Kier alpha value is -0.830. The van der Waals surface area contributed by atoms with Crippen LogP contribution in [0.3, 0.4) is 0 Å². The van der Waals surface area contributed by atoms with Crippen LogP contribution in [0.5, 0.6) is 0 Å². The van der Waals surface area contributed by atoms with Crippen LogP contribution in [0.15, 0.2) is 17.5 Å². The Morgan fingerprint density at radius 2 is 2.25 bits per heavy atom. The van der Waals surface area contributed by atoms with Crippen LogP contribution in [0, 0.1) is 5.41 Å². The highest BCUT2D eigenvalue weighted by Crippen LogP contribution is 2.28. The van der Waals surface area contributed by atoms with E-state index in [1.54, 1.807) is 11.3 Å². The van der Waals surface area contributed by atoms with Crippen molar-refractivity contribution in [1.82, 2.24) is 0 Å². The minimum Gasteiger partial charge on any atom is -0.466 e. The summed E-state index contributed by atoms with van der Waals surface area (Å²) in [5, 5.41) is 2.09. The largest absolute Gasteiger partial charge is 0.466 e. The van der Waals surface area contributed by atoms with Gasteiger partial charge in [-0.05, 0) is 36.6 Å². The van der Waals surface area contributed by atoms with Crippen molar-refractivity contribution in [2.75, 3.05) is 6.61 Å². The van der Waals surface area contributed by atoms with Crippen molar-refractivity contribution >= 4 is 17.3 Å². The zero-order valence-electron chi connectivity index (χ0n) is 10.3. The molecule has 90 valence electrons. The van der Waals surface area contributed by atoms with Gasteiger partial charge in [0.1, 0.15) is 0 Å². The van der Waals surface area contributed by atoms with Crippen molar-refractivity contribution in [3.8, 4) is 0 Å². The quantitative estimate of drug-likeness (QED) is 0.709. The molecule has 0 aliphatic heterocycles. The topological polar surface area (TPSA) is 26.3 Å². The van der Waals surface area contributed by atoms with E-state index >= 15 is 0 Å². The zero-order valence-corrected chi connectivity index (χ0v) is 11.1. The van der Waals surface area contributed by atoms with Crippen LogP contribution >= 0.6 is 11.3 Å². The molecule has 0 N–H and O–H groups in total. The molecule has 0 amide bonds. The molecule has 0 radical (unpaired) electrons. The zero-order chi connectivity index (χ0) is 12.0. The summed E-state index contributed by atoms with van der Waals surface area (Å²) >= 11 is 1.78. The maximum Gasteiger partial charge on any atom is 0.306 e. The van der Waals surface area contributed by atoms with Gasteiger partial charge in [0.15, 0.2) is 0 Å². The first-order valence-electron chi connectivity index (χ1n) is 5.71. The maximum atomic E-state index is 11.4. The fourth-order valence-corrected chi connectivity index (χ4v) is 2.32. The number of rotatable bonds is 6. The van der Waals surface area contributed by atoms with Crippen molar-refractivity contribution in [3.63, 3.8) is 0 Å². The van der Waals surface area contributed by atoms with Gasteiger partial charge in [-0.3, -0.25) is 4.79 Å². The first-order chi connectivity index (χ1) is 7.53. The fourth-order valence-electron chi connectivity index (χ4n) is 1.61. The Morgan fingerprint density at radius 1 is 1.50 bits per heavy atom. The lowest BCUT2D eigenvalue weighted by Crippen LogP contribution is -2.19. The van der Waals surface area contributed by atoms with Gasteiger partial charge < -0.3 is 4.74 Å². The Kier molecular flexibility index (Phi) is 5.00. The van der Waals surface area contributed by atoms with E-state index in [2.05, 4.69) is 31.4 Å². The number of aryl methyl sites for hydroxylation is 1. The van der Waals surface area contributed by atoms with E-state index in [0.717, 1.165) is 12.8 Å². The molecule has 0 saturated carbocycles. The molecule has 0 unspecified atom stereocenters. The highest BCUT2D eigenvalue weighted by molar-refractivity contribution is 7.09. The summed E-state index contributed by atoms with van der Waals surface area (Å²) in [5.41, 5.74) is 0.0241. The minimum atomic E-state index is -0.0846. The molecular weight excluding hydrogens is 220 g/mol. The number of carbonyl (C=O) groups is 1. The van der Waals surface area contributed by atoms with Crippen molar-refractivity contribution in [3.05, 3.63) is 22.4 Å². The molecule has 0 bridgehead atoms. The molecule has 0 aromatic carbocycles. The molecule has 1 aromatic heterocycles. The van der Waals surface area contributed by atoms with Gasteiger partial charge in [0.2, 0.25) is 0 Å². The molecule has 0 aliphatic carbocycles. The van der Waals surface area contributed by atoms with Crippen molar-refractivity contribution in [2.45, 2.75) is 40.0 Å². The SMILES string of the molecule is CCOC(=O)CC(C)(C)CCc1cccs1. The summed E-state index contributed by atoms with van der Waals surface area (Å²) in [4.78, 5) is 12.8. The number of carbonyl (C=O) groups excluding carboxylic acids is 1. The molecule has 0 atom stereocenters. The van der Waals surface area contributed by atoms with E-state index in [1.807, 2.05) is 6.92 Å². The number of thiophene rings is 1. The summed E-state index contributed by atoms with van der Waals surface area (Å²) in [6, 6.07) is 4.21. The van der Waals surface area contributed by atoms with E-state index in [4.69, 9.17) is 4.74 Å². The average molecular weight is 240 g/mol. The third-order valence-electron chi connectivity index (χ3n) is 2.56. The normalized spacial score (nSPS) is 11.4. The fraction of sp³-hybridized carbons (Fsp3) is 0.615. The number of hydrogen-bond donors (Lipinski definition) is 0. The Balaban J connectivity index is 2.36. The highest BCUT2D eigenvalue weighted by Gasteiger charge is 2.22. The second kappa shape index (κ2) is 6.04. The second-order valence-corrected chi connectivity index (χ2v) is 5.76. The molecule has 1 aromatic rings. The van der Waals surface area contributed by atoms with Crippen LogP contribution < -0.4 is 0 Å². The monoisotopic (exact) mass is 240 g/mol. The van der Waals surface area contributed by atoms with Gasteiger partial charge in [0.05, 0.1) is 13.0 Å². The molecule has 0 spiro atoms. The lowest BCUT2D eigenvalue weighted by molar-refractivity contribution is -0.145. The van der Waals surface area contributed by atoms with Gasteiger partial charge in [-0.25, -0.2) is 0 Å². The van der Waals surface area contributed by atoms with Crippen molar-refractivity contribution < 1.29 is 9.53 Å². The smallest absolute Gasteiger partial charge is 0.306 e. The van der Waals surface area contributed by atoms with Crippen molar-refractivity contribution in [2.24, 2.45) is 5.41 Å². The van der Waals surface area contributed by atoms with E-state index in [9.17, 15) is 4.79 Å². The summed E-state index contributed by atoms with van der Waals surface area (Å²) in [7, 11) is 0. The molecule has 3 heteroatoms. The summed E-state index contributed by atoms with van der Waals surface area (Å²) in [6.45, 7) is 6.56.